The Hall–Kier alpha value is -0.900. The highest BCUT2D eigenvalue weighted by Gasteiger charge is 2.04. The van der Waals surface area contributed by atoms with Gasteiger partial charge in [-0.15, -0.1) is 0 Å². The van der Waals surface area contributed by atoms with Gasteiger partial charge in [0.1, 0.15) is 0 Å². The Balaban J connectivity index is 2.86. The maximum Gasteiger partial charge on any atom is 0.171 e. The molecule has 4 heteroatoms. The third kappa shape index (κ3) is 1.03. The molecule has 0 radical (unpaired) electrons. The zero-order chi connectivity index (χ0) is 7.84. The zero-order valence-electron chi connectivity index (χ0n) is 5.84. The lowest BCUT2D eigenvalue weighted by atomic mass is 10.3. The second kappa shape index (κ2) is 2.30. The Morgan fingerprint density at radius 3 is 3.18 bits per heavy atom. The van der Waals surface area contributed by atoms with Gasteiger partial charge in [0.25, 0.3) is 0 Å². The fourth-order valence-electron chi connectivity index (χ4n) is 0.904. The zero-order valence-corrected chi connectivity index (χ0v) is 7.42. The third-order valence-corrected chi connectivity index (χ3v) is 2.02. The van der Waals surface area contributed by atoms with E-state index < -0.39 is 0 Å². The summed E-state index contributed by atoms with van der Waals surface area (Å²) in [4.78, 5) is 4.11. The van der Waals surface area contributed by atoms with Gasteiger partial charge in [0.15, 0.2) is 10.2 Å². The minimum absolute atomic E-state index is 0.708. The lowest BCUT2D eigenvalue weighted by Crippen LogP contribution is -1.76. The maximum atomic E-state index is 4.99. The Bertz CT molecular complexity index is 396. The number of aryl methyl sites for hydroxylation is 1. The summed E-state index contributed by atoms with van der Waals surface area (Å²) in [5, 5.41) is 4.65. The van der Waals surface area contributed by atoms with Crippen LogP contribution >= 0.6 is 15.9 Å². The van der Waals surface area contributed by atoms with Crippen LogP contribution in [0.1, 0.15) is 5.69 Å². The summed E-state index contributed by atoms with van der Waals surface area (Å²) < 4.78 is 5.70. The quantitative estimate of drug-likeness (QED) is 0.673. The highest BCUT2D eigenvalue weighted by Crippen LogP contribution is 2.21. The van der Waals surface area contributed by atoms with Crippen LogP contribution in [0.3, 0.4) is 0 Å². The number of rotatable bonds is 0. The van der Waals surface area contributed by atoms with E-state index in [0.717, 1.165) is 16.7 Å². The van der Waals surface area contributed by atoms with Gasteiger partial charge in [-0.25, -0.2) is 0 Å². The SMILES string of the molecule is Cc1cc2onc(Br)c2cn1. The average Bonchev–Trinajstić information content (AvgIpc) is 2.32. The molecule has 2 heterocycles. The van der Waals surface area contributed by atoms with Gasteiger partial charge in [-0.1, -0.05) is 5.16 Å². The van der Waals surface area contributed by atoms with Crippen molar-refractivity contribution in [2.24, 2.45) is 0 Å². The molecular weight excluding hydrogens is 208 g/mol. The van der Waals surface area contributed by atoms with Crippen LogP contribution in [0, 0.1) is 6.92 Å². The summed E-state index contributed by atoms with van der Waals surface area (Å²) in [5.74, 6) is 0. The number of fused-ring (bicyclic) bond motifs is 1. The number of hydrogen-bond donors (Lipinski definition) is 0. The highest BCUT2D eigenvalue weighted by molar-refractivity contribution is 9.10. The van der Waals surface area contributed by atoms with Gasteiger partial charge < -0.3 is 4.52 Å². The van der Waals surface area contributed by atoms with Crippen LogP contribution in [0.15, 0.2) is 21.4 Å². The van der Waals surface area contributed by atoms with Crippen LogP contribution in [0.5, 0.6) is 0 Å². The topological polar surface area (TPSA) is 38.9 Å². The minimum atomic E-state index is 0.708. The van der Waals surface area contributed by atoms with Crippen molar-refractivity contribution in [3.05, 3.63) is 22.6 Å². The minimum Gasteiger partial charge on any atom is -0.355 e. The van der Waals surface area contributed by atoms with Gasteiger partial charge in [-0.05, 0) is 22.9 Å². The molecule has 56 valence electrons. The second-order valence-corrected chi connectivity index (χ2v) is 3.05. The Morgan fingerprint density at radius 2 is 2.36 bits per heavy atom. The molecule has 0 aliphatic heterocycles. The average molecular weight is 213 g/mol. The third-order valence-electron chi connectivity index (χ3n) is 1.45. The van der Waals surface area contributed by atoms with Crippen molar-refractivity contribution in [2.75, 3.05) is 0 Å². The van der Waals surface area contributed by atoms with Crippen molar-refractivity contribution in [1.82, 2.24) is 10.1 Å². The molecule has 2 aromatic heterocycles. The number of pyridine rings is 1. The van der Waals surface area contributed by atoms with E-state index in [1.165, 1.54) is 0 Å². The van der Waals surface area contributed by atoms with Crippen LogP contribution in [-0.4, -0.2) is 10.1 Å². The first-order chi connectivity index (χ1) is 5.27. The van der Waals surface area contributed by atoms with Gasteiger partial charge >= 0.3 is 0 Å². The van der Waals surface area contributed by atoms with E-state index in [9.17, 15) is 0 Å². The molecule has 0 saturated carbocycles. The van der Waals surface area contributed by atoms with Crippen LogP contribution < -0.4 is 0 Å². The van der Waals surface area contributed by atoms with E-state index in [4.69, 9.17) is 4.52 Å². The second-order valence-electron chi connectivity index (χ2n) is 2.30. The van der Waals surface area contributed by atoms with E-state index in [1.807, 2.05) is 13.0 Å². The molecule has 3 nitrogen and oxygen atoms in total. The molecule has 2 aromatic rings. The molecule has 0 bridgehead atoms. The molecule has 0 fully saturated rings. The molecule has 0 atom stereocenters. The van der Waals surface area contributed by atoms with E-state index in [-0.39, 0.29) is 0 Å². The predicted octanol–water partition coefficient (Wildman–Crippen LogP) is 2.29. The smallest absolute Gasteiger partial charge is 0.171 e. The van der Waals surface area contributed by atoms with E-state index in [2.05, 4.69) is 26.1 Å². The first kappa shape index (κ1) is 6.79. The van der Waals surface area contributed by atoms with Gasteiger partial charge in [0.2, 0.25) is 0 Å². The summed E-state index contributed by atoms with van der Waals surface area (Å²) >= 11 is 3.25. The molecule has 0 aliphatic carbocycles. The highest BCUT2D eigenvalue weighted by atomic mass is 79.9. The number of nitrogens with zero attached hydrogens (tertiary/aromatic N) is 2. The summed E-state index contributed by atoms with van der Waals surface area (Å²) in [6.45, 7) is 1.91. The standard InChI is InChI=1S/C7H5BrN2O/c1-4-2-6-5(3-9-4)7(8)10-11-6/h2-3H,1H3. The molecule has 2 rings (SSSR count). The van der Waals surface area contributed by atoms with Crippen molar-refractivity contribution in [1.29, 1.82) is 0 Å². The first-order valence-electron chi connectivity index (χ1n) is 3.15. The van der Waals surface area contributed by atoms with Crippen molar-refractivity contribution < 1.29 is 4.52 Å². The molecule has 0 amide bonds. The largest absolute Gasteiger partial charge is 0.355 e. The molecule has 0 aromatic carbocycles. The fourth-order valence-corrected chi connectivity index (χ4v) is 1.27. The molecular formula is C7H5BrN2O. The molecule has 0 spiro atoms. The lowest BCUT2D eigenvalue weighted by Gasteiger charge is -1.87. The van der Waals surface area contributed by atoms with Crippen LogP contribution in [0.4, 0.5) is 0 Å². The number of hydrogen-bond acceptors (Lipinski definition) is 3. The number of halogens is 1. The Morgan fingerprint density at radius 1 is 1.55 bits per heavy atom. The fraction of sp³-hybridized carbons (Fsp3) is 0.143. The van der Waals surface area contributed by atoms with Crippen molar-refractivity contribution in [2.45, 2.75) is 6.92 Å². The molecule has 11 heavy (non-hydrogen) atoms. The van der Waals surface area contributed by atoms with Crippen LogP contribution in [-0.2, 0) is 0 Å². The summed E-state index contributed by atoms with van der Waals surface area (Å²) in [6, 6.07) is 1.85. The Labute approximate surface area is 71.5 Å². The van der Waals surface area contributed by atoms with Crippen molar-refractivity contribution in [3.63, 3.8) is 0 Å². The van der Waals surface area contributed by atoms with Gasteiger partial charge in [-0.2, -0.15) is 0 Å². The van der Waals surface area contributed by atoms with Crippen molar-refractivity contribution >= 4 is 26.9 Å². The van der Waals surface area contributed by atoms with E-state index >= 15 is 0 Å². The lowest BCUT2D eigenvalue weighted by molar-refractivity contribution is 0.451. The summed E-state index contributed by atoms with van der Waals surface area (Å²) in [7, 11) is 0. The Kier molecular flexibility index (Phi) is 1.42. The van der Waals surface area contributed by atoms with Crippen LogP contribution in [0.25, 0.3) is 11.0 Å². The molecule has 0 saturated heterocycles. The predicted molar refractivity (Wildman–Crippen MR) is 44.2 cm³/mol. The van der Waals surface area contributed by atoms with Gasteiger partial charge in [-0.3, -0.25) is 4.98 Å². The summed E-state index contributed by atoms with van der Waals surface area (Å²) in [6.07, 6.45) is 1.74. The first-order valence-corrected chi connectivity index (χ1v) is 3.94. The normalized spacial score (nSPS) is 10.7. The van der Waals surface area contributed by atoms with E-state index in [1.54, 1.807) is 6.20 Å². The van der Waals surface area contributed by atoms with Gasteiger partial charge in [0, 0.05) is 18.0 Å². The molecule has 0 aliphatic rings. The van der Waals surface area contributed by atoms with Gasteiger partial charge in [0.05, 0.1) is 5.39 Å². The maximum absolute atomic E-state index is 4.99. The number of aromatic nitrogens is 2. The summed E-state index contributed by atoms with van der Waals surface area (Å²) in [5.41, 5.74) is 1.70. The monoisotopic (exact) mass is 212 g/mol. The van der Waals surface area contributed by atoms with E-state index in [0.29, 0.717) is 4.60 Å². The van der Waals surface area contributed by atoms with Crippen molar-refractivity contribution in [3.8, 4) is 0 Å². The molecule has 0 unspecified atom stereocenters. The molecule has 0 N–H and O–H groups in total. The van der Waals surface area contributed by atoms with Crippen LogP contribution in [0.2, 0.25) is 0 Å².